The van der Waals surface area contributed by atoms with Crippen LogP contribution in [0.15, 0.2) is 62.0 Å². The summed E-state index contributed by atoms with van der Waals surface area (Å²) in [4.78, 5) is 3.20. The van der Waals surface area contributed by atoms with Crippen LogP contribution < -0.4 is 4.74 Å². The van der Waals surface area contributed by atoms with E-state index in [0.717, 1.165) is 31.1 Å². The lowest BCUT2D eigenvalue weighted by Crippen LogP contribution is -1.97. The Labute approximate surface area is 147 Å². The summed E-state index contributed by atoms with van der Waals surface area (Å²) in [6, 6.07) is 13.4. The molecule has 0 saturated carbocycles. The zero-order valence-corrected chi connectivity index (χ0v) is 15.1. The van der Waals surface area contributed by atoms with E-state index < -0.39 is 0 Å². The van der Waals surface area contributed by atoms with Crippen LogP contribution in [-0.2, 0) is 0 Å². The zero-order chi connectivity index (χ0) is 15.0. The Kier molecular flexibility index (Phi) is 8.88. The Bertz CT molecular complexity index is 504. The van der Waals surface area contributed by atoms with Crippen molar-refractivity contribution in [2.45, 2.75) is 19.6 Å². The maximum absolute atomic E-state index is 5.28. The molecule has 0 saturated heterocycles. The van der Waals surface area contributed by atoms with Crippen molar-refractivity contribution in [3.05, 3.63) is 42.5 Å². The molecule has 0 bridgehead atoms. The van der Waals surface area contributed by atoms with E-state index in [0.29, 0.717) is 6.61 Å². The Hall–Kier alpha value is -0.0100. The number of rotatable bonds is 3. The van der Waals surface area contributed by atoms with Crippen molar-refractivity contribution in [1.29, 1.82) is 0 Å². The average Bonchev–Trinajstić information content (AvgIpc) is 2.49. The molecule has 1 nitrogen and oxygen atoms in total. The number of thiol groups is 5. The van der Waals surface area contributed by atoms with E-state index >= 15 is 0 Å². The fraction of sp³-hybridized carbons (Fsp3) is 0.143. The van der Waals surface area contributed by atoms with Gasteiger partial charge in [-0.05, 0) is 24.3 Å². The predicted octanol–water partition coefficient (Wildman–Crippen LogP) is 4.84. The summed E-state index contributed by atoms with van der Waals surface area (Å²) in [5.41, 5.74) is 0. The first kappa shape index (κ1) is 18.0. The molecule has 0 heterocycles. The first-order valence-corrected chi connectivity index (χ1v) is 8.20. The summed E-state index contributed by atoms with van der Waals surface area (Å²) < 4.78 is 5.28. The molecule has 0 unspecified atom stereocenters. The minimum Gasteiger partial charge on any atom is -0.493 e. The lowest BCUT2D eigenvalue weighted by Gasteiger charge is -2.02. The van der Waals surface area contributed by atoms with Crippen LogP contribution in [-0.4, -0.2) is 12.4 Å². The number of benzene rings is 2. The lowest BCUT2D eigenvalue weighted by molar-refractivity contribution is 0.344. The molecule has 0 aromatic heterocycles. The molecular formula is C14H16OS5. The average molecular weight is 361 g/mol. The Morgan fingerprint density at radius 1 is 0.750 bits per heavy atom. The van der Waals surface area contributed by atoms with Gasteiger partial charge in [0.2, 0.25) is 0 Å². The van der Waals surface area contributed by atoms with Gasteiger partial charge in [0, 0.05) is 25.3 Å². The van der Waals surface area contributed by atoms with Gasteiger partial charge in [-0.3, -0.25) is 0 Å². The van der Waals surface area contributed by atoms with Crippen LogP contribution >= 0.6 is 63.1 Å². The molecule has 0 amide bonds. The number of hydrogen-bond acceptors (Lipinski definition) is 6. The standard InChI is InChI=1S/C8H10OS.C6H6S4/c10-7-6-9-8-4-2-1-3-5-8;7-3-1-2-4(8)6(10)5(3)9/h1-5,10H,6-7H2;1-2,7-10H. The maximum Gasteiger partial charge on any atom is 0.119 e. The van der Waals surface area contributed by atoms with Crippen LogP contribution in [0.1, 0.15) is 0 Å². The van der Waals surface area contributed by atoms with Gasteiger partial charge in [0.25, 0.3) is 0 Å². The highest BCUT2D eigenvalue weighted by Gasteiger charge is 2.01. The fourth-order valence-corrected chi connectivity index (χ4v) is 2.27. The highest BCUT2D eigenvalue weighted by molar-refractivity contribution is 7.86. The second kappa shape index (κ2) is 9.84. The van der Waals surface area contributed by atoms with Crippen molar-refractivity contribution >= 4 is 63.1 Å². The molecule has 0 spiro atoms. The van der Waals surface area contributed by atoms with Gasteiger partial charge < -0.3 is 4.74 Å². The van der Waals surface area contributed by atoms with E-state index in [1.807, 2.05) is 42.5 Å². The molecule has 2 rings (SSSR count). The van der Waals surface area contributed by atoms with Crippen LogP contribution in [0.5, 0.6) is 5.75 Å². The Morgan fingerprint density at radius 2 is 1.25 bits per heavy atom. The SMILES string of the molecule is SCCOc1ccccc1.Sc1ccc(S)c(S)c1S. The molecule has 0 aliphatic heterocycles. The Balaban J connectivity index is 0.000000200. The molecule has 0 radical (unpaired) electrons. The fourth-order valence-electron chi connectivity index (χ4n) is 1.24. The van der Waals surface area contributed by atoms with Gasteiger partial charge >= 0.3 is 0 Å². The third-order valence-electron chi connectivity index (χ3n) is 2.21. The van der Waals surface area contributed by atoms with Gasteiger partial charge in [-0.1, -0.05) is 18.2 Å². The van der Waals surface area contributed by atoms with Crippen molar-refractivity contribution in [3.63, 3.8) is 0 Å². The summed E-state index contributed by atoms with van der Waals surface area (Å²) in [5, 5.41) is 0. The van der Waals surface area contributed by atoms with Crippen LogP contribution in [0, 0.1) is 0 Å². The smallest absolute Gasteiger partial charge is 0.119 e. The monoisotopic (exact) mass is 360 g/mol. The van der Waals surface area contributed by atoms with Crippen LogP contribution in [0.4, 0.5) is 0 Å². The van der Waals surface area contributed by atoms with E-state index in [2.05, 4.69) is 63.1 Å². The summed E-state index contributed by atoms with van der Waals surface area (Å²) in [6.45, 7) is 0.674. The summed E-state index contributed by atoms with van der Waals surface area (Å²) in [7, 11) is 0. The predicted molar refractivity (Wildman–Crippen MR) is 101 cm³/mol. The van der Waals surface area contributed by atoms with Gasteiger partial charge in [-0.2, -0.15) is 12.6 Å². The third-order valence-corrected chi connectivity index (χ3v) is 4.60. The first-order valence-electron chi connectivity index (χ1n) is 5.77. The van der Waals surface area contributed by atoms with E-state index in [1.54, 1.807) is 0 Å². The minimum atomic E-state index is 0.674. The molecule has 0 atom stereocenters. The molecule has 20 heavy (non-hydrogen) atoms. The third kappa shape index (κ3) is 6.18. The molecule has 0 fully saturated rings. The topological polar surface area (TPSA) is 9.23 Å². The van der Waals surface area contributed by atoms with E-state index in [9.17, 15) is 0 Å². The van der Waals surface area contributed by atoms with Crippen LogP contribution in [0.2, 0.25) is 0 Å². The largest absolute Gasteiger partial charge is 0.493 e. The van der Waals surface area contributed by atoms with Crippen LogP contribution in [0.25, 0.3) is 0 Å². The highest BCUT2D eigenvalue weighted by atomic mass is 32.1. The second-order valence-electron chi connectivity index (χ2n) is 3.69. The molecule has 0 N–H and O–H groups in total. The van der Waals surface area contributed by atoms with E-state index in [4.69, 9.17) is 4.74 Å². The van der Waals surface area contributed by atoms with Crippen molar-refractivity contribution in [2.24, 2.45) is 0 Å². The minimum absolute atomic E-state index is 0.674. The van der Waals surface area contributed by atoms with Gasteiger partial charge in [0.15, 0.2) is 0 Å². The zero-order valence-electron chi connectivity index (χ0n) is 10.6. The number of hydrogen-bond donors (Lipinski definition) is 5. The molecular weight excluding hydrogens is 344 g/mol. The second-order valence-corrected chi connectivity index (χ2v) is 5.99. The van der Waals surface area contributed by atoms with Gasteiger partial charge in [0.1, 0.15) is 5.75 Å². The van der Waals surface area contributed by atoms with Gasteiger partial charge in [-0.15, -0.1) is 50.5 Å². The molecule has 2 aromatic carbocycles. The van der Waals surface area contributed by atoms with E-state index in [1.165, 1.54) is 0 Å². The first-order chi connectivity index (χ1) is 9.56. The number of para-hydroxylation sites is 1. The van der Waals surface area contributed by atoms with Gasteiger partial charge in [0.05, 0.1) is 6.61 Å². The van der Waals surface area contributed by atoms with Crippen molar-refractivity contribution in [1.82, 2.24) is 0 Å². The summed E-state index contributed by atoms with van der Waals surface area (Å²) in [5.74, 6) is 1.67. The molecule has 2 aromatic rings. The van der Waals surface area contributed by atoms with E-state index in [-0.39, 0.29) is 0 Å². The summed E-state index contributed by atoms with van der Waals surface area (Å²) >= 11 is 20.7. The number of ether oxygens (including phenoxy) is 1. The quantitative estimate of drug-likeness (QED) is 0.493. The molecule has 108 valence electrons. The van der Waals surface area contributed by atoms with Gasteiger partial charge in [-0.25, -0.2) is 0 Å². The molecule has 0 aliphatic carbocycles. The summed E-state index contributed by atoms with van der Waals surface area (Å²) in [6.07, 6.45) is 0. The lowest BCUT2D eigenvalue weighted by atomic mass is 10.3. The van der Waals surface area contributed by atoms with Crippen molar-refractivity contribution in [3.8, 4) is 5.75 Å². The Morgan fingerprint density at radius 3 is 1.70 bits per heavy atom. The van der Waals surface area contributed by atoms with Crippen LogP contribution in [0.3, 0.4) is 0 Å². The highest BCUT2D eigenvalue weighted by Crippen LogP contribution is 2.30. The van der Waals surface area contributed by atoms with Crippen molar-refractivity contribution in [2.75, 3.05) is 12.4 Å². The maximum atomic E-state index is 5.28. The molecule has 6 heteroatoms. The van der Waals surface area contributed by atoms with Crippen molar-refractivity contribution < 1.29 is 4.74 Å². The molecule has 0 aliphatic rings. The normalized spacial score (nSPS) is 9.65.